The van der Waals surface area contributed by atoms with Gasteiger partial charge < -0.3 is 4.74 Å². The van der Waals surface area contributed by atoms with E-state index in [1.54, 1.807) is 0 Å². The molecule has 0 amide bonds. The largest absolute Gasteiger partial charge is 0.369 e. The van der Waals surface area contributed by atoms with E-state index in [1.807, 2.05) is 37.5 Å². The lowest BCUT2D eigenvalue weighted by Gasteiger charge is -2.17. The molecule has 2 heterocycles. The first-order chi connectivity index (χ1) is 10.1. The van der Waals surface area contributed by atoms with Gasteiger partial charge in [0, 0.05) is 12.4 Å². The normalized spacial score (nSPS) is 12.1. The van der Waals surface area contributed by atoms with Crippen molar-refractivity contribution in [2.24, 2.45) is 0 Å². The first kappa shape index (κ1) is 15.4. The Kier molecular flexibility index (Phi) is 5.23. The van der Waals surface area contributed by atoms with Gasteiger partial charge in [0.05, 0.1) is 24.1 Å². The minimum atomic E-state index is 0.0632. The smallest absolute Gasteiger partial charge is 0.0889 e. The zero-order valence-electron chi connectivity index (χ0n) is 13.0. The van der Waals surface area contributed by atoms with Crippen molar-refractivity contribution in [1.29, 1.82) is 0 Å². The SMILES string of the molecule is C=C(C)COC(CC)c1ccnc(-c2cc(C)ccn2)c1. The molecule has 0 aliphatic heterocycles. The average Bonchev–Trinajstić information content (AvgIpc) is 2.48. The van der Waals surface area contributed by atoms with Crippen molar-refractivity contribution in [3.63, 3.8) is 0 Å². The van der Waals surface area contributed by atoms with E-state index in [9.17, 15) is 0 Å². The second-order valence-corrected chi connectivity index (χ2v) is 5.36. The second-order valence-electron chi connectivity index (χ2n) is 5.36. The molecule has 1 atom stereocenters. The van der Waals surface area contributed by atoms with Gasteiger partial charge in [0.2, 0.25) is 0 Å². The summed E-state index contributed by atoms with van der Waals surface area (Å²) in [6.45, 7) is 10.6. The number of aryl methyl sites for hydroxylation is 1. The van der Waals surface area contributed by atoms with Crippen molar-refractivity contribution in [3.8, 4) is 11.4 Å². The van der Waals surface area contributed by atoms with Crippen LogP contribution in [-0.4, -0.2) is 16.6 Å². The Labute approximate surface area is 126 Å². The summed E-state index contributed by atoms with van der Waals surface area (Å²) in [5.41, 5.74) is 5.12. The summed E-state index contributed by atoms with van der Waals surface area (Å²) >= 11 is 0. The van der Waals surface area contributed by atoms with E-state index in [2.05, 4.69) is 36.5 Å². The third kappa shape index (κ3) is 4.23. The van der Waals surface area contributed by atoms with Gasteiger partial charge in [-0.05, 0) is 55.7 Å². The summed E-state index contributed by atoms with van der Waals surface area (Å²) in [5.74, 6) is 0. The highest BCUT2D eigenvalue weighted by Crippen LogP contribution is 2.25. The van der Waals surface area contributed by atoms with Crippen molar-refractivity contribution < 1.29 is 4.74 Å². The molecule has 0 spiro atoms. The quantitative estimate of drug-likeness (QED) is 0.732. The molecule has 0 aromatic carbocycles. The summed E-state index contributed by atoms with van der Waals surface area (Å²) in [4.78, 5) is 8.82. The van der Waals surface area contributed by atoms with Crippen LogP contribution in [0.25, 0.3) is 11.4 Å². The fourth-order valence-corrected chi connectivity index (χ4v) is 2.16. The summed E-state index contributed by atoms with van der Waals surface area (Å²) < 4.78 is 5.91. The summed E-state index contributed by atoms with van der Waals surface area (Å²) in [7, 11) is 0. The molecule has 21 heavy (non-hydrogen) atoms. The van der Waals surface area contributed by atoms with Gasteiger partial charge in [-0.25, -0.2) is 0 Å². The van der Waals surface area contributed by atoms with Gasteiger partial charge in [-0.1, -0.05) is 19.1 Å². The van der Waals surface area contributed by atoms with Crippen molar-refractivity contribution in [2.75, 3.05) is 6.61 Å². The molecule has 3 heteroatoms. The number of hydrogen-bond acceptors (Lipinski definition) is 3. The topological polar surface area (TPSA) is 35.0 Å². The number of rotatable bonds is 6. The molecule has 0 radical (unpaired) electrons. The van der Waals surface area contributed by atoms with Crippen LogP contribution in [0, 0.1) is 6.92 Å². The molecule has 0 saturated heterocycles. The van der Waals surface area contributed by atoms with Crippen LogP contribution < -0.4 is 0 Å². The lowest BCUT2D eigenvalue weighted by atomic mass is 10.1. The van der Waals surface area contributed by atoms with Crippen LogP contribution in [0.2, 0.25) is 0 Å². The summed E-state index contributed by atoms with van der Waals surface area (Å²) in [6, 6.07) is 8.10. The summed E-state index contributed by atoms with van der Waals surface area (Å²) in [6.07, 6.45) is 4.61. The van der Waals surface area contributed by atoms with E-state index in [0.29, 0.717) is 6.61 Å². The van der Waals surface area contributed by atoms with Crippen LogP contribution in [0.5, 0.6) is 0 Å². The molecule has 0 fully saturated rings. The lowest BCUT2D eigenvalue weighted by Crippen LogP contribution is -2.05. The number of nitrogens with zero attached hydrogens (tertiary/aromatic N) is 2. The predicted molar refractivity (Wildman–Crippen MR) is 86.0 cm³/mol. The van der Waals surface area contributed by atoms with Crippen LogP contribution in [0.3, 0.4) is 0 Å². The molecule has 3 nitrogen and oxygen atoms in total. The molecule has 1 unspecified atom stereocenters. The van der Waals surface area contributed by atoms with Gasteiger partial charge in [0.25, 0.3) is 0 Å². The van der Waals surface area contributed by atoms with Crippen LogP contribution >= 0.6 is 0 Å². The second kappa shape index (κ2) is 7.14. The minimum absolute atomic E-state index is 0.0632. The van der Waals surface area contributed by atoms with E-state index in [-0.39, 0.29) is 6.10 Å². The van der Waals surface area contributed by atoms with E-state index >= 15 is 0 Å². The van der Waals surface area contributed by atoms with Gasteiger partial charge >= 0.3 is 0 Å². The van der Waals surface area contributed by atoms with Crippen molar-refractivity contribution >= 4 is 0 Å². The Hall–Kier alpha value is -2.00. The molecule has 0 bridgehead atoms. The first-order valence-corrected chi connectivity index (χ1v) is 7.25. The maximum absolute atomic E-state index is 5.91. The van der Waals surface area contributed by atoms with Crippen molar-refractivity contribution in [3.05, 3.63) is 59.9 Å². The maximum Gasteiger partial charge on any atom is 0.0889 e. The number of pyridine rings is 2. The van der Waals surface area contributed by atoms with Crippen molar-refractivity contribution in [1.82, 2.24) is 9.97 Å². The van der Waals surface area contributed by atoms with Crippen LogP contribution in [0.4, 0.5) is 0 Å². The van der Waals surface area contributed by atoms with Crippen molar-refractivity contribution in [2.45, 2.75) is 33.3 Å². The zero-order valence-corrected chi connectivity index (χ0v) is 13.0. The monoisotopic (exact) mass is 282 g/mol. The van der Waals surface area contributed by atoms with Gasteiger partial charge in [-0.15, -0.1) is 0 Å². The Morgan fingerprint density at radius 3 is 2.48 bits per heavy atom. The average molecular weight is 282 g/mol. The van der Waals surface area contributed by atoms with Crippen LogP contribution in [0.1, 0.15) is 37.5 Å². The fraction of sp³-hybridized carbons (Fsp3) is 0.333. The van der Waals surface area contributed by atoms with E-state index in [4.69, 9.17) is 4.74 Å². The molecule has 2 aromatic rings. The van der Waals surface area contributed by atoms with Gasteiger partial charge in [-0.3, -0.25) is 9.97 Å². The summed E-state index contributed by atoms with van der Waals surface area (Å²) in [5, 5.41) is 0. The number of hydrogen-bond donors (Lipinski definition) is 0. The molecule has 2 aromatic heterocycles. The van der Waals surface area contributed by atoms with Crippen LogP contribution in [0.15, 0.2) is 48.8 Å². The highest BCUT2D eigenvalue weighted by Gasteiger charge is 2.12. The highest BCUT2D eigenvalue weighted by atomic mass is 16.5. The number of ether oxygens (including phenoxy) is 1. The number of aromatic nitrogens is 2. The molecule has 0 aliphatic carbocycles. The lowest BCUT2D eigenvalue weighted by molar-refractivity contribution is 0.0668. The molecule has 2 rings (SSSR count). The molecule has 0 saturated carbocycles. The molecule has 0 N–H and O–H groups in total. The Balaban J connectivity index is 2.25. The predicted octanol–water partition coefficient (Wildman–Crippen LogP) is 4.50. The standard InChI is InChI=1S/C18H22N2O/c1-5-18(21-12-13(2)3)15-7-9-20-17(11-15)16-10-14(4)6-8-19-16/h6-11,18H,2,5,12H2,1,3-4H3. The third-order valence-corrected chi connectivity index (χ3v) is 3.24. The minimum Gasteiger partial charge on any atom is -0.369 e. The molecular formula is C18H22N2O. The Morgan fingerprint density at radius 2 is 1.86 bits per heavy atom. The Bertz CT molecular complexity index is 622. The molecule has 0 aliphatic rings. The van der Waals surface area contributed by atoms with Gasteiger partial charge in [0.15, 0.2) is 0 Å². The first-order valence-electron chi connectivity index (χ1n) is 7.25. The maximum atomic E-state index is 5.91. The van der Waals surface area contributed by atoms with E-state index in [0.717, 1.165) is 28.9 Å². The fourth-order valence-electron chi connectivity index (χ4n) is 2.16. The molecule has 110 valence electrons. The highest BCUT2D eigenvalue weighted by molar-refractivity contribution is 5.55. The van der Waals surface area contributed by atoms with Gasteiger partial charge in [-0.2, -0.15) is 0 Å². The zero-order chi connectivity index (χ0) is 15.2. The Morgan fingerprint density at radius 1 is 1.19 bits per heavy atom. The van der Waals surface area contributed by atoms with E-state index in [1.165, 1.54) is 5.56 Å². The van der Waals surface area contributed by atoms with Gasteiger partial charge in [0.1, 0.15) is 0 Å². The van der Waals surface area contributed by atoms with Crippen LogP contribution in [-0.2, 0) is 4.74 Å². The third-order valence-electron chi connectivity index (χ3n) is 3.24. The van der Waals surface area contributed by atoms with E-state index < -0.39 is 0 Å². The molecular weight excluding hydrogens is 260 g/mol.